The van der Waals surface area contributed by atoms with Gasteiger partial charge in [0.15, 0.2) is 8.32 Å². The summed E-state index contributed by atoms with van der Waals surface area (Å²) in [5, 5.41) is 0. The molecule has 27 heavy (non-hydrogen) atoms. The van der Waals surface area contributed by atoms with Crippen molar-refractivity contribution in [2.75, 3.05) is 13.2 Å². The van der Waals surface area contributed by atoms with Crippen LogP contribution in [0.2, 0.25) is 19.6 Å². The van der Waals surface area contributed by atoms with E-state index in [1.165, 1.54) is 0 Å². The Morgan fingerprint density at radius 1 is 1.07 bits per heavy atom. The molecule has 2 rings (SSSR count). The lowest BCUT2D eigenvalue weighted by Crippen LogP contribution is -2.50. The summed E-state index contributed by atoms with van der Waals surface area (Å²) in [5.41, 5.74) is 1.16. The van der Waals surface area contributed by atoms with E-state index in [1.807, 2.05) is 36.4 Å². The summed E-state index contributed by atoms with van der Waals surface area (Å²) >= 11 is 0. The molecule has 0 aromatic heterocycles. The Bertz CT molecular complexity index is 690. The first-order chi connectivity index (χ1) is 12.6. The fourth-order valence-electron chi connectivity index (χ4n) is 3.27. The minimum absolute atomic E-state index is 0.0204. The number of hydrogen-bond acceptors (Lipinski definition) is 5. The Kier molecular flexibility index (Phi) is 7.15. The second kappa shape index (κ2) is 8.62. The normalized spacial score (nSPS) is 26.4. The highest BCUT2D eigenvalue weighted by Gasteiger charge is 2.52. The average molecular weight is 413 g/mol. The van der Waals surface area contributed by atoms with Crippen LogP contribution in [0, 0.1) is 11.8 Å². The van der Waals surface area contributed by atoms with Gasteiger partial charge < -0.3 is 18.2 Å². The maximum absolute atomic E-state index is 13.4. The molecule has 0 aliphatic carbocycles. The third-order valence-corrected chi connectivity index (χ3v) is 7.44. The van der Waals surface area contributed by atoms with Gasteiger partial charge in [0.05, 0.1) is 13.2 Å². The van der Waals surface area contributed by atoms with Gasteiger partial charge in [0.25, 0.3) is 0 Å². The molecular formula is C20H33O5PSi. The van der Waals surface area contributed by atoms with Gasteiger partial charge in [-0.3, -0.25) is 4.57 Å². The molecule has 0 saturated heterocycles. The van der Waals surface area contributed by atoms with Gasteiger partial charge in [-0.15, -0.1) is 0 Å². The Morgan fingerprint density at radius 3 is 2.11 bits per heavy atom. The molecule has 1 aliphatic heterocycles. The Balaban J connectivity index is 2.60. The van der Waals surface area contributed by atoms with Crippen molar-refractivity contribution in [3.05, 3.63) is 47.5 Å². The van der Waals surface area contributed by atoms with Gasteiger partial charge in [0.2, 0.25) is 11.3 Å². The maximum atomic E-state index is 13.4. The lowest BCUT2D eigenvalue weighted by atomic mass is 9.82. The third kappa shape index (κ3) is 4.93. The van der Waals surface area contributed by atoms with Crippen LogP contribution in [0.25, 0.3) is 0 Å². The van der Waals surface area contributed by atoms with E-state index in [4.69, 9.17) is 18.2 Å². The molecule has 3 atom stereocenters. The molecule has 1 aromatic rings. The molecule has 1 aliphatic rings. The summed E-state index contributed by atoms with van der Waals surface area (Å²) in [6.45, 7) is 14.7. The lowest BCUT2D eigenvalue weighted by Gasteiger charge is -2.48. The first-order valence-electron chi connectivity index (χ1n) is 9.64. The number of hydrogen-bond donors (Lipinski definition) is 0. The number of ether oxygens (including phenoxy) is 1. The highest BCUT2D eigenvalue weighted by atomic mass is 31.2. The van der Waals surface area contributed by atoms with Gasteiger partial charge in [-0.1, -0.05) is 44.2 Å². The maximum Gasteiger partial charge on any atom is 0.395 e. The predicted molar refractivity (Wildman–Crippen MR) is 111 cm³/mol. The Labute approximate surface area is 164 Å². The van der Waals surface area contributed by atoms with Crippen LogP contribution in [0.15, 0.2) is 41.9 Å². The van der Waals surface area contributed by atoms with Crippen LogP contribution in [0.3, 0.4) is 0 Å². The van der Waals surface area contributed by atoms with Crippen LogP contribution in [-0.4, -0.2) is 21.5 Å². The van der Waals surface area contributed by atoms with E-state index in [2.05, 4.69) is 33.5 Å². The Morgan fingerprint density at radius 2 is 1.63 bits per heavy atom. The van der Waals surface area contributed by atoms with Crippen molar-refractivity contribution in [2.45, 2.75) is 53.1 Å². The molecule has 0 unspecified atom stereocenters. The number of allylic oxidation sites excluding steroid dienone is 1. The third-order valence-electron chi connectivity index (χ3n) is 4.55. The quantitative estimate of drug-likeness (QED) is 0.381. The number of rotatable bonds is 8. The van der Waals surface area contributed by atoms with E-state index >= 15 is 0 Å². The lowest BCUT2D eigenvalue weighted by molar-refractivity contribution is -0.217. The molecular weight excluding hydrogens is 379 g/mol. The van der Waals surface area contributed by atoms with Gasteiger partial charge >= 0.3 is 7.60 Å². The summed E-state index contributed by atoms with van der Waals surface area (Å²) in [5.74, 6) is -0.939. The predicted octanol–water partition coefficient (Wildman–Crippen LogP) is 6.10. The topological polar surface area (TPSA) is 54.0 Å². The van der Waals surface area contributed by atoms with Gasteiger partial charge in [0.1, 0.15) is 0 Å². The van der Waals surface area contributed by atoms with Crippen molar-refractivity contribution in [1.82, 2.24) is 0 Å². The zero-order valence-corrected chi connectivity index (χ0v) is 19.4. The van der Waals surface area contributed by atoms with Crippen LogP contribution in [0.4, 0.5) is 0 Å². The van der Waals surface area contributed by atoms with Gasteiger partial charge in [0, 0.05) is 11.5 Å². The Hall–Kier alpha value is -0.913. The average Bonchev–Trinajstić information content (AvgIpc) is 2.59. The molecule has 5 nitrogen and oxygen atoms in total. The monoisotopic (exact) mass is 412 g/mol. The van der Waals surface area contributed by atoms with Crippen LogP contribution in [0.1, 0.15) is 33.3 Å². The summed E-state index contributed by atoms with van der Waals surface area (Å²) in [6.07, 6.45) is 1.87. The minimum Gasteiger partial charge on any atom is -0.450 e. The van der Waals surface area contributed by atoms with Gasteiger partial charge in [-0.2, -0.15) is 0 Å². The van der Waals surface area contributed by atoms with E-state index in [0.717, 1.165) is 5.56 Å². The van der Waals surface area contributed by atoms with Crippen LogP contribution in [0.5, 0.6) is 0 Å². The molecule has 0 N–H and O–H groups in total. The summed E-state index contributed by atoms with van der Waals surface area (Å²) in [7, 11) is -5.57. The van der Waals surface area contributed by atoms with E-state index in [9.17, 15) is 4.57 Å². The molecule has 0 saturated carbocycles. The van der Waals surface area contributed by atoms with Crippen molar-refractivity contribution in [3.8, 4) is 0 Å². The first-order valence-corrected chi connectivity index (χ1v) is 14.6. The number of benzene rings is 1. The molecule has 1 heterocycles. The van der Waals surface area contributed by atoms with E-state index in [-0.39, 0.29) is 30.5 Å². The van der Waals surface area contributed by atoms with Crippen LogP contribution < -0.4 is 0 Å². The molecule has 152 valence electrons. The highest BCUT2D eigenvalue weighted by molar-refractivity contribution is 7.58. The van der Waals surface area contributed by atoms with E-state index in [0.29, 0.717) is 0 Å². The zero-order valence-electron chi connectivity index (χ0n) is 17.5. The van der Waals surface area contributed by atoms with Crippen molar-refractivity contribution < 1.29 is 22.8 Å². The van der Waals surface area contributed by atoms with E-state index in [1.54, 1.807) is 13.8 Å². The largest absolute Gasteiger partial charge is 0.450 e. The fraction of sp³-hybridized carbons (Fsp3) is 0.600. The molecule has 0 bridgehead atoms. The second-order valence-corrected chi connectivity index (χ2v) is 14.2. The molecule has 0 spiro atoms. The minimum atomic E-state index is -3.55. The van der Waals surface area contributed by atoms with Crippen molar-refractivity contribution in [2.24, 2.45) is 11.8 Å². The van der Waals surface area contributed by atoms with Crippen molar-refractivity contribution >= 4 is 15.9 Å². The fourth-order valence-corrected chi connectivity index (χ4v) is 6.20. The standard InChI is InChI=1S/C20H33O5PSi/c1-8-22-26(21,23-9-2)19-15-16(3)17(4)20(24-19,25-27(5,6)7)18-13-11-10-12-14-18/h10-17H,8-9H2,1-7H3/t16-,17-,20-/m0/s1. The zero-order chi connectivity index (χ0) is 20.3. The SMILES string of the molecule is CCOP(=O)(OCC)C1=C[C@H](C)[C@H](C)[C@](O[Si](C)(C)C)(c2ccccc2)O1. The van der Waals surface area contributed by atoms with Crippen molar-refractivity contribution in [1.29, 1.82) is 0 Å². The van der Waals surface area contributed by atoms with Crippen LogP contribution >= 0.6 is 7.60 Å². The summed E-state index contributed by atoms with van der Waals surface area (Å²) in [4.78, 5) is 0. The molecule has 7 heteroatoms. The molecule has 1 aromatic carbocycles. The van der Waals surface area contributed by atoms with Crippen molar-refractivity contribution in [3.63, 3.8) is 0 Å². The molecule has 0 radical (unpaired) electrons. The molecule has 0 amide bonds. The second-order valence-electron chi connectivity index (χ2n) is 7.84. The highest BCUT2D eigenvalue weighted by Crippen LogP contribution is 2.62. The molecule has 0 fully saturated rings. The van der Waals surface area contributed by atoms with Gasteiger partial charge in [-0.25, -0.2) is 0 Å². The first kappa shape index (κ1) is 22.4. The summed E-state index contributed by atoms with van der Waals surface area (Å²) in [6, 6.07) is 9.89. The summed E-state index contributed by atoms with van der Waals surface area (Å²) < 4.78 is 37.6. The van der Waals surface area contributed by atoms with Crippen LogP contribution in [-0.2, 0) is 28.6 Å². The van der Waals surface area contributed by atoms with Gasteiger partial charge in [-0.05, 0) is 45.5 Å². The smallest absolute Gasteiger partial charge is 0.395 e. The van der Waals surface area contributed by atoms with E-state index < -0.39 is 21.7 Å².